The quantitative estimate of drug-likeness (QED) is 0.660. The first-order chi connectivity index (χ1) is 4.79. The van der Waals surface area contributed by atoms with E-state index in [2.05, 4.69) is 10.3 Å². The molecule has 0 radical (unpaired) electrons. The van der Waals surface area contributed by atoms with Gasteiger partial charge >= 0.3 is 0 Å². The lowest BCUT2D eigenvalue weighted by atomic mass is 10.7. The molecule has 1 rings (SSSR count). The van der Waals surface area contributed by atoms with Gasteiger partial charge in [-0.2, -0.15) is 0 Å². The molecular formula is C5H8F2N2S. The number of thioether (sulfide) groups is 1. The summed E-state index contributed by atoms with van der Waals surface area (Å²) < 4.78 is 23.2. The molecule has 0 bridgehead atoms. The van der Waals surface area contributed by atoms with Gasteiger partial charge in [0.15, 0.2) is 5.17 Å². The van der Waals surface area contributed by atoms with Gasteiger partial charge in [-0.3, -0.25) is 4.99 Å². The number of nitrogens with one attached hydrogen (secondary N) is 1. The molecule has 0 atom stereocenters. The zero-order valence-electron chi connectivity index (χ0n) is 5.31. The van der Waals surface area contributed by atoms with E-state index in [9.17, 15) is 8.78 Å². The minimum Gasteiger partial charge on any atom is -0.363 e. The second-order valence-electron chi connectivity index (χ2n) is 1.82. The fraction of sp³-hybridized carbons (Fsp3) is 0.800. The van der Waals surface area contributed by atoms with Gasteiger partial charge in [0.05, 0.1) is 12.3 Å². The normalized spacial score (nSPS) is 17.3. The fourth-order valence-electron chi connectivity index (χ4n) is 0.615. The lowest BCUT2D eigenvalue weighted by molar-refractivity contribution is 0.177. The van der Waals surface area contributed by atoms with E-state index >= 15 is 0 Å². The maximum absolute atomic E-state index is 11.6. The molecule has 2 nitrogen and oxygen atoms in total. The van der Waals surface area contributed by atoms with Gasteiger partial charge < -0.3 is 5.32 Å². The summed E-state index contributed by atoms with van der Waals surface area (Å²) in [6.07, 6.45) is -2.24. The van der Waals surface area contributed by atoms with Crippen molar-refractivity contribution >= 4 is 16.9 Å². The molecule has 1 aliphatic heterocycles. The molecule has 0 unspecified atom stereocenters. The molecule has 58 valence electrons. The highest BCUT2D eigenvalue weighted by Crippen LogP contribution is 2.09. The minimum atomic E-state index is -2.24. The number of aliphatic imine (C=N–C) groups is 1. The molecule has 5 heteroatoms. The average Bonchev–Trinajstić information content (AvgIpc) is 2.34. The van der Waals surface area contributed by atoms with Crippen molar-refractivity contribution in [3.63, 3.8) is 0 Å². The molecule has 10 heavy (non-hydrogen) atoms. The smallest absolute Gasteiger partial charge is 0.248 e. The van der Waals surface area contributed by atoms with E-state index in [1.54, 1.807) is 0 Å². The van der Waals surface area contributed by atoms with Crippen LogP contribution in [0.2, 0.25) is 0 Å². The third-order valence-electron chi connectivity index (χ3n) is 0.989. The van der Waals surface area contributed by atoms with Crippen LogP contribution in [0, 0.1) is 0 Å². The number of hydrogen-bond acceptors (Lipinski definition) is 3. The Morgan fingerprint density at radius 1 is 1.70 bits per heavy atom. The SMILES string of the molecule is FC(F)CSC1=NCCN1. The molecule has 0 saturated heterocycles. The Labute approximate surface area is 62.1 Å². The first-order valence-electron chi connectivity index (χ1n) is 2.98. The first-order valence-corrected chi connectivity index (χ1v) is 3.97. The molecule has 0 aliphatic carbocycles. The fourth-order valence-corrected chi connectivity index (χ4v) is 1.29. The minimum absolute atomic E-state index is 0.161. The zero-order valence-corrected chi connectivity index (χ0v) is 6.13. The van der Waals surface area contributed by atoms with Gasteiger partial charge in [0.2, 0.25) is 6.43 Å². The van der Waals surface area contributed by atoms with Crippen LogP contribution in [-0.2, 0) is 0 Å². The number of rotatable bonds is 2. The Bertz CT molecular complexity index is 138. The zero-order chi connectivity index (χ0) is 7.40. The van der Waals surface area contributed by atoms with Gasteiger partial charge in [-0.05, 0) is 0 Å². The lowest BCUT2D eigenvalue weighted by Crippen LogP contribution is -2.16. The molecule has 0 spiro atoms. The Morgan fingerprint density at radius 3 is 3.00 bits per heavy atom. The van der Waals surface area contributed by atoms with Gasteiger partial charge in [0, 0.05) is 6.54 Å². The van der Waals surface area contributed by atoms with E-state index in [-0.39, 0.29) is 5.75 Å². The molecule has 0 aromatic rings. The number of hydrogen-bond donors (Lipinski definition) is 1. The largest absolute Gasteiger partial charge is 0.363 e. The highest BCUT2D eigenvalue weighted by Gasteiger charge is 2.08. The summed E-state index contributed by atoms with van der Waals surface area (Å²) in [6, 6.07) is 0. The number of nitrogens with zero attached hydrogens (tertiary/aromatic N) is 1. The van der Waals surface area contributed by atoms with Crippen LogP contribution in [0.15, 0.2) is 4.99 Å². The number of amidine groups is 1. The van der Waals surface area contributed by atoms with Crippen LogP contribution >= 0.6 is 11.8 Å². The van der Waals surface area contributed by atoms with Crippen molar-refractivity contribution in [2.75, 3.05) is 18.8 Å². The van der Waals surface area contributed by atoms with Crippen LogP contribution in [-0.4, -0.2) is 30.4 Å². The Hall–Kier alpha value is -0.320. The summed E-state index contributed by atoms with van der Waals surface area (Å²) in [4.78, 5) is 3.94. The molecule has 0 aromatic heterocycles. The van der Waals surface area contributed by atoms with Crippen molar-refractivity contribution in [1.82, 2.24) is 5.32 Å². The highest BCUT2D eigenvalue weighted by molar-refractivity contribution is 8.13. The molecule has 0 fully saturated rings. The van der Waals surface area contributed by atoms with E-state index in [1.165, 1.54) is 0 Å². The van der Waals surface area contributed by atoms with E-state index in [1.807, 2.05) is 0 Å². The van der Waals surface area contributed by atoms with Crippen molar-refractivity contribution in [3.8, 4) is 0 Å². The van der Waals surface area contributed by atoms with Gasteiger partial charge in [-0.1, -0.05) is 11.8 Å². The Balaban J connectivity index is 2.13. The van der Waals surface area contributed by atoms with Crippen LogP contribution in [0.1, 0.15) is 0 Å². The van der Waals surface area contributed by atoms with Crippen molar-refractivity contribution in [3.05, 3.63) is 0 Å². The van der Waals surface area contributed by atoms with E-state index in [0.717, 1.165) is 18.3 Å². The van der Waals surface area contributed by atoms with Crippen LogP contribution in [0.3, 0.4) is 0 Å². The summed E-state index contributed by atoms with van der Waals surface area (Å²) in [7, 11) is 0. The first kappa shape index (κ1) is 7.78. The summed E-state index contributed by atoms with van der Waals surface area (Å²) >= 11 is 1.08. The molecule has 0 saturated carbocycles. The highest BCUT2D eigenvalue weighted by atomic mass is 32.2. The number of alkyl halides is 2. The van der Waals surface area contributed by atoms with Crippen molar-refractivity contribution < 1.29 is 8.78 Å². The number of halogens is 2. The molecule has 0 amide bonds. The summed E-state index contributed by atoms with van der Waals surface area (Å²) in [6.45, 7) is 1.50. The average molecular weight is 166 g/mol. The second-order valence-corrected chi connectivity index (χ2v) is 2.82. The topological polar surface area (TPSA) is 24.4 Å². The Kier molecular flexibility index (Phi) is 2.92. The van der Waals surface area contributed by atoms with Gasteiger partial charge in [-0.25, -0.2) is 8.78 Å². The summed E-state index contributed by atoms with van der Waals surface area (Å²) in [5, 5.41) is 3.54. The van der Waals surface area contributed by atoms with Crippen LogP contribution in [0.5, 0.6) is 0 Å². The van der Waals surface area contributed by atoms with Crippen LogP contribution < -0.4 is 5.32 Å². The molecular weight excluding hydrogens is 158 g/mol. The maximum Gasteiger partial charge on any atom is 0.248 e. The van der Waals surface area contributed by atoms with E-state index < -0.39 is 6.43 Å². The maximum atomic E-state index is 11.6. The molecule has 0 aromatic carbocycles. The van der Waals surface area contributed by atoms with Crippen molar-refractivity contribution in [1.29, 1.82) is 0 Å². The van der Waals surface area contributed by atoms with Gasteiger partial charge in [0.25, 0.3) is 0 Å². The third-order valence-corrected chi connectivity index (χ3v) is 1.95. The lowest BCUT2D eigenvalue weighted by Gasteiger charge is -1.99. The van der Waals surface area contributed by atoms with E-state index in [0.29, 0.717) is 11.7 Å². The van der Waals surface area contributed by atoms with Crippen LogP contribution in [0.4, 0.5) is 8.78 Å². The molecule has 1 aliphatic rings. The van der Waals surface area contributed by atoms with Crippen molar-refractivity contribution in [2.24, 2.45) is 4.99 Å². The molecule has 1 heterocycles. The second kappa shape index (κ2) is 3.75. The predicted molar refractivity (Wildman–Crippen MR) is 38.8 cm³/mol. The summed E-state index contributed by atoms with van der Waals surface area (Å²) in [5.74, 6) is -0.161. The molecule has 1 N–H and O–H groups in total. The summed E-state index contributed by atoms with van der Waals surface area (Å²) in [5.41, 5.74) is 0. The standard InChI is InChI=1S/C5H8F2N2S/c6-4(7)3-10-5-8-1-2-9-5/h4H,1-3H2,(H,8,9). The third kappa shape index (κ3) is 2.51. The van der Waals surface area contributed by atoms with Crippen molar-refractivity contribution in [2.45, 2.75) is 6.43 Å². The predicted octanol–water partition coefficient (Wildman–Crippen LogP) is 0.944. The Morgan fingerprint density at radius 2 is 2.50 bits per heavy atom. The van der Waals surface area contributed by atoms with Gasteiger partial charge in [0.1, 0.15) is 0 Å². The van der Waals surface area contributed by atoms with Gasteiger partial charge in [-0.15, -0.1) is 0 Å². The van der Waals surface area contributed by atoms with E-state index in [4.69, 9.17) is 0 Å². The van der Waals surface area contributed by atoms with Crippen LogP contribution in [0.25, 0.3) is 0 Å². The monoisotopic (exact) mass is 166 g/mol.